The SMILES string of the molecule is CC(NC(=O)Cc1csc(-c2cccc(F)c2)n1)C(N)=O. The van der Waals surface area contributed by atoms with Crippen LogP contribution in [0.15, 0.2) is 29.6 Å². The number of nitrogens with two attached hydrogens (primary N) is 1. The second kappa shape index (κ2) is 6.45. The number of hydrogen-bond donors (Lipinski definition) is 2. The molecule has 1 atom stereocenters. The van der Waals surface area contributed by atoms with Crippen LogP contribution in [0, 0.1) is 5.82 Å². The molecule has 0 aliphatic rings. The molecule has 3 N–H and O–H groups in total. The number of thiazole rings is 1. The normalized spacial score (nSPS) is 11.9. The summed E-state index contributed by atoms with van der Waals surface area (Å²) in [4.78, 5) is 26.9. The minimum absolute atomic E-state index is 0.0451. The van der Waals surface area contributed by atoms with Crippen LogP contribution in [-0.4, -0.2) is 22.8 Å². The van der Waals surface area contributed by atoms with E-state index < -0.39 is 11.9 Å². The van der Waals surface area contributed by atoms with E-state index in [1.807, 2.05) is 0 Å². The second-order valence-electron chi connectivity index (χ2n) is 4.52. The van der Waals surface area contributed by atoms with E-state index in [0.717, 1.165) is 0 Å². The lowest BCUT2D eigenvalue weighted by Crippen LogP contribution is -2.42. The average Bonchev–Trinajstić information content (AvgIpc) is 2.86. The number of halogens is 1. The van der Waals surface area contributed by atoms with Gasteiger partial charge in [0.15, 0.2) is 0 Å². The average molecular weight is 307 g/mol. The number of carbonyl (C=O) groups excluding carboxylic acids is 2. The van der Waals surface area contributed by atoms with Crippen LogP contribution in [0.3, 0.4) is 0 Å². The van der Waals surface area contributed by atoms with Gasteiger partial charge in [0, 0.05) is 10.9 Å². The van der Waals surface area contributed by atoms with Crippen LogP contribution in [0.1, 0.15) is 12.6 Å². The molecule has 1 aromatic carbocycles. The molecule has 0 spiro atoms. The largest absolute Gasteiger partial charge is 0.368 e. The van der Waals surface area contributed by atoms with E-state index in [9.17, 15) is 14.0 Å². The number of rotatable bonds is 5. The first-order valence-electron chi connectivity index (χ1n) is 6.24. The van der Waals surface area contributed by atoms with Crippen molar-refractivity contribution >= 4 is 23.2 Å². The Labute approximate surface area is 125 Å². The second-order valence-corrected chi connectivity index (χ2v) is 5.38. The topological polar surface area (TPSA) is 85.1 Å². The Morgan fingerprint density at radius 1 is 1.48 bits per heavy atom. The molecular weight excluding hydrogens is 293 g/mol. The zero-order valence-corrected chi connectivity index (χ0v) is 12.1. The zero-order valence-electron chi connectivity index (χ0n) is 11.3. The number of nitrogens with zero attached hydrogens (tertiary/aromatic N) is 1. The molecule has 7 heteroatoms. The van der Waals surface area contributed by atoms with Crippen LogP contribution in [0.5, 0.6) is 0 Å². The van der Waals surface area contributed by atoms with E-state index in [2.05, 4.69) is 10.3 Å². The van der Waals surface area contributed by atoms with Gasteiger partial charge in [-0.25, -0.2) is 9.37 Å². The van der Waals surface area contributed by atoms with Crippen molar-refractivity contribution in [2.45, 2.75) is 19.4 Å². The van der Waals surface area contributed by atoms with Gasteiger partial charge in [-0.1, -0.05) is 12.1 Å². The van der Waals surface area contributed by atoms with Gasteiger partial charge in [0.25, 0.3) is 0 Å². The maximum Gasteiger partial charge on any atom is 0.239 e. The van der Waals surface area contributed by atoms with Crippen molar-refractivity contribution in [3.63, 3.8) is 0 Å². The van der Waals surface area contributed by atoms with E-state index >= 15 is 0 Å². The Balaban J connectivity index is 2.03. The molecule has 0 radical (unpaired) electrons. The van der Waals surface area contributed by atoms with Crippen LogP contribution < -0.4 is 11.1 Å². The van der Waals surface area contributed by atoms with Gasteiger partial charge in [0.2, 0.25) is 11.8 Å². The van der Waals surface area contributed by atoms with Crippen molar-refractivity contribution in [1.29, 1.82) is 0 Å². The lowest BCUT2D eigenvalue weighted by molar-refractivity contribution is -0.126. The van der Waals surface area contributed by atoms with Gasteiger partial charge < -0.3 is 11.1 Å². The van der Waals surface area contributed by atoms with Gasteiger partial charge >= 0.3 is 0 Å². The lowest BCUT2D eigenvalue weighted by atomic mass is 10.2. The molecule has 21 heavy (non-hydrogen) atoms. The minimum atomic E-state index is -0.723. The number of amides is 2. The maximum atomic E-state index is 13.2. The highest BCUT2D eigenvalue weighted by molar-refractivity contribution is 7.13. The van der Waals surface area contributed by atoms with Crippen molar-refractivity contribution in [3.05, 3.63) is 41.2 Å². The highest BCUT2D eigenvalue weighted by Gasteiger charge is 2.14. The fraction of sp³-hybridized carbons (Fsp3) is 0.214. The van der Waals surface area contributed by atoms with Gasteiger partial charge in [0.05, 0.1) is 12.1 Å². The zero-order chi connectivity index (χ0) is 15.4. The first kappa shape index (κ1) is 15.1. The number of primary amides is 1. The summed E-state index contributed by atoms with van der Waals surface area (Å²) in [6, 6.07) is 5.38. The smallest absolute Gasteiger partial charge is 0.239 e. The predicted octanol–water partition coefficient (Wildman–Crippen LogP) is 1.48. The third-order valence-corrected chi connectivity index (χ3v) is 3.71. The standard InChI is InChI=1S/C14H14FN3O2S/c1-8(13(16)20)17-12(19)6-11-7-21-14(18-11)9-3-2-4-10(15)5-9/h2-5,7-8H,6H2,1H3,(H2,16,20)(H,17,19). The van der Waals surface area contributed by atoms with Crippen LogP contribution in [-0.2, 0) is 16.0 Å². The third-order valence-electron chi connectivity index (χ3n) is 2.77. The van der Waals surface area contributed by atoms with Gasteiger partial charge in [-0.3, -0.25) is 9.59 Å². The molecule has 1 heterocycles. The molecule has 2 rings (SSSR count). The van der Waals surface area contributed by atoms with E-state index in [0.29, 0.717) is 16.3 Å². The van der Waals surface area contributed by atoms with Crippen LogP contribution >= 0.6 is 11.3 Å². The summed E-state index contributed by atoms with van der Waals surface area (Å²) < 4.78 is 13.2. The van der Waals surface area contributed by atoms with Crippen LogP contribution in [0.25, 0.3) is 10.6 Å². The van der Waals surface area contributed by atoms with Crippen molar-refractivity contribution < 1.29 is 14.0 Å². The van der Waals surface area contributed by atoms with Crippen molar-refractivity contribution in [1.82, 2.24) is 10.3 Å². The van der Waals surface area contributed by atoms with Gasteiger partial charge in [-0.15, -0.1) is 11.3 Å². The Kier molecular flexibility index (Phi) is 4.64. The van der Waals surface area contributed by atoms with Crippen molar-refractivity contribution in [2.75, 3.05) is 0 Å². The molecule has 110 valence electrons. The molecule has 0 fully saturated rings. The molecule has 0 aliphatic carbocycles. The highest BCUT2D eigenvalue weighted by atomic mass is 32.1. The summed E-state index contributed by atoms with van der Waals surface area (Å²) in [5, 5.41) is 4.85. The van der Waals surface area contributed by atoms with Gasteiger partial charge in [0.1, 0.15) is 16.9 Å². The molecule has 0 saturated carbocycles. The fourth-order valence-corrected chi connectivity index (χ4v) is 2.49. The van der Waals surface area contributed by atoms with E-state index in [-0.39, 0.29) is 18.1 Å². The molecule has 1 unspecified atom stereocenters. The number of hydrogen-bond acceptors (Lipinski definition) is 4. The summed E-state index contributed by atoms with van der Waals surface area (Å²) >= 11 is 1.33. The molecule has 2 aromatic rings. The summed E-state index contributed by atoms with van der Waals surface area (Å²) in [6.07, 6.45) is 0.0451. The first-order valence-corrected chi connectivity index (χ1v) is 7.12. The molecule has 1 aromatic heterocycles. The Hall–Kier alpha value is -2.28. The lowest BCUT2D eigenvalue weighted by Gasteiger charge is -2.08. The van der Waals surface area contributed by atoms with Gasteiger partial charge in [-0.2, -0.15) is 0 Å². The Bertz CT molecular complexity index is 672. The van der Waals surface area contributed by atoms with Crippen molar-refractivity contribution in [3.8, 4) is 10.6 Å². The molecule has 0 bridgehead atoms. The molecule has 2 amide bonds. The quantitative estimate of drug-likeness (QED) is 0.877. The molecule has 0 saturated heterocycles. The van der Waals surface area contributed by atoms with Gasteiger partial charge in [-0.05, 0) is 19.1 Å². The van der Waals surface area contributed by atoms with Crippen LogP contribution in [0.4, 0.5) is 4.39 Å². The van der Waals surface area contributed by atoms with Crippen LogP contribution in [0.2, 0.25) is 0 Å². The van der Waals surface area contributed by atoms with E-state index in [1.165, 1.54) is 30.4 Å². The predicted molar refractivity (Wildman–Crippen MR) is 78.0 cm³/mol. The third kappa shape index (κ3) is 4.09. The summed E-state index contributed by atoms with van der Waals surface area (Å²) in [7, 11) is 0. The monoisotopic (exact) mass is 307 g/mol. The Morgan fingerprint density at radius 3 is 2.90 bits per heavy atom. The highest BCUT2D eigenvalue weighted by Crippen LogP contribution is 2.24. The number of aromatic nitrogens is 1. The van der Waals surface area contributed by atoms with Crippen molar-refractivity contribution in [2.24, 2.45) is 5.73 Å². The molecule has 5 nitrogen and oxygen atoms in total. The summed E-state index contributed by atoms with van der Waals surface area (Å²) in [6.45, 7) is 1.51. The fourth-order valence-electron chi connectivity index (χ4n) is 1.67. The number of carbonyl (C=O) groups is 2. The number of nitrogens with one attached hydrogen (secondary N) is 1. The minimum Gasteiger partial charge on any atom is -0.368 e. The summed E-state index contributed by atoms with van der Waals surface area (Å²) in [5.41, 5.74) is 6.30. The molecular formula is C14H14FN3O2S. The number of benzene rings is 1. The van der Waals surface area contributed by atoms with E-state index in [1.54, 1.807) is 17.5 Å². The Morgan fingerprint density at radius 2 is 2.24 bits per heavy atom. The first-order chi connectivity index (χ1) is 9.95. The summed E-state index contributed by atoms with van der Waals surface area (Å²) in [5.74, 6) is -1.27. The van der Waals surface area contributed by atoms with E-state index in [4.69, 9.17) is 5.73 Å². The maximum absolute atomic E-state index is 13.2. The molecule has 0 aliphatic heterocycles.